The van der Waals surface area contributed by atoms with Gasteiger partial charge in [-0.2, -0.15) is 0 Å². The van der Waals surface area contributed by atoms with E-state index in [9.17, 15) is 14.4 Å². The number of likely N-dealkylation sites (tertiary alicyclic amines) is 2. The normalized spacial score (nSPS) is 19.5. The van der Waals surface area contributed by atoms with Gasteiger partial charge in [0, 0.05) is 31.4 Å². The van der Waals surface area contributed by atoms with Crippen LogP contribution in [-0.4, -0.2) is 82.2 Å². The van der Waals surface area contributed by atoms with Gasteiger partial charge in [-0.05, 0) is 72.5 Å². The maximum atomic E-state index is 13.8. The Hall–Kier alpha value is -5.55. The highest BCUT2D eigenvalue weighted by atomic mass is 16.5. The maximum Gasteiger partial charge on any atom is 0.407 e. The van der Waals surface area contributed by atoms with E-state index < -0.39 is 12.1 Å². The second-order valence-corrected chi connectivity index (χ2v) is 13.9. The van der Waals surface area contributed by atoms with Crippen LogP contribution >= 0.6 is 0 Å². The van der Waals surface area contributed by atoms with E-state index in [1.807, 2.05) is 54.6 Å². The molecule has 0 bridgehead atoms. The molecule has 3 amide bonds. The van der Waals surface area contributed by atoms with Gasteiger partial charge in [0.1, 0.15) is 17.9 Å². The topological polar surface area (TPSA) is 132 Å². The minimum absolute atomic E-state index is 0.0171. The van der Waals surface area contributed by atoms with Gasteiger partial charge in [-0.1, -0.05) is 85.8 Å². The van der Waals surface area contributed by atoms with Crippen LogP contribution < -0.4 is 10.6 Å². The molecule has 7 rings (SSSR count). The highest BCUT2D eigenvalue weighted by Crippen LogP contribution is 2.34. The number of rotatable bonds is 11. The van der Waals surface area contributed by atoms with Crippen molar-refractivity contribution in [1.29, 1.82) is 0 Å². The summed E-state index contributed by atoms with van der Waals surface area (Å²) in [6.45, 7) is 5.77. The van der Waals surface area contributed by atoms with Crippen molar-refractivity contribution in [2.24, 2.45) is 4.99 Å². The summed E-state index contributed by atoms with van der Waals surface area (Å²) in [5.41, 5.74) is 8.45. The van der Waals surface area contributed by atoms with Gasteiger partial charge >= 0.3 is 6.09 Å². The van der Waals surface area contributed by atoms with Crippen molar-refractivity contribution in [2.75, 3.05) is 26.7 Å². The van der Waals surface area contributed by atoms with Gasteiger partial charge in [0.25, 0.3) is 0 Å². The average molecular weight is 714 g/mol. The summed E-state index contributed by atoms with van der Waals surface area (Å²) in [4.78, 5) is 55.3. The Kier molecular flexibility index (Phi) is 10.8. The first-order chi connectivity index (χ1) is 25.8. The predicted octanol–water partition coefficient (Wildman–Crippen LogP) is 6.68. The first kappa shape index (κ1) is 35.8. The first-order valence-electron chi connectivity index (χ1n) is 18.6. The summed E-state index contributed by atoms with van der Waals surface area (Å²) in [6.07, 6.45) is 7.46. The van der Waals surface area contributed by atoms with E-state index in [0.717, 1.165) is 83.7 Å². The average Bonchev–Trinajstić information content (AvgIpc) is 4.04. The maximum absolute atomic E-state index is 13.8. The minimum Gasteiger partial charge on any atom is -0.453 e. The molecule has 3 N–H and O–H groups in total. The Balaban J connectivity index is 0.967. The van der Waals surface area contributed by atoms with Crippen LogP contribution in [0.1, 0.15) is 75.0 Å². The van der Waals surface area contributed by atoms with Crippen molar-refractivity contribution in [3.8, 4) is 22.4 Å². The third kappa shape index (κ3) is 7.66. The fraction of sp³-hybridized carbons (Fsp3) is 0.357. The summed E-state index contributed by atoms with van der Waals surface area (Å²) in [6, 6.07) is 25.7. The Morgan fingerprint density at radius 3 is 2.13 bits per heavy atom. The number of aromatic amines is 1. The number of ether oxygens (including phenoxy) is 1. The molecule has 0 saturated carbocycles. The summed E-state index contributed by atoms with van der Waals surface area (Å²) >= 11 is 0. The van der Waals surface area contributed by atoms with Crippen molar-refractivity contribution in [1.82, 2.24) is 30.4 Å². The molecule has 4 atom stereocenters. The fourth-order valence-electron chi connectivity index (χ4n) is 7.80. The number of nitrogens with zero attached hydrogens (tertiary/aromatic N) is 4. The Bertz CT molecular complexity index is 1990. The molecular weight excluding hydrogens is 667 g/mol. The number of amides is 3. The van der Waals surface area contributed by atoms with Crippen molar-refractivity contribution in [3.63, 3.8) is 0 Å². The van der Waals surface area contributed by atoms with Crippen molar-refractivity contribution in [2.45, 2.75) is 70.1 Å². The number of hydrogen-bond donors (Lipinski definition) is 3. The Labute approximate surface area is 310 Å². The minimum atomic E-state index is -0.693. The highest BCUT2D eigenvalue weighted by molar-refractivity contribution is 6.03. The molecule has 11 heteroatoms. The zero-order valence-corrected chi connectivity index (χ0v) is 30.5. The lowest BCUT2D eigenvalue weighted by Gasteiger charge is -2.30. The number of aromatic nitrogens is 2. The highest BCUT2D eigenvalue weighted by Gasteiger charge is 2.37. The molecule has 3 aliphatic heterocycles. The van der Waals surface area contributed by atoms with Gasteiger partial charge in [-0.3, -0.25) is 14.6 Å². The van der Waals surface area contributed by atoms with E-state index in [2.05, 4.69) is 73.9 Å². The van der Waals surface area contributed by atoms with E-state index in [1.165, 1.54) is 12.7 Å². The predicted molar refractivity (Wildman–Crippen MR) is 206 cm³/mol. The van der Waals surface area contributed by atoms with Crippen LogP contribution in [0.3, 0.4) is 0 Å². The van der Waals surface area contributed by atoms with Crippen molar-refractivity contribution < 1.29 is 19.1 Å². The number of hydrogen-bond acceptors (Lipinski definition) is 7. The van der Waals surface area contributed by atoms with E-state index in [4.69, 9.17) is 4.99 Å². The molecule has 0 unspecified atom stereocenters. The summed E-state index contributed by atoms with van der Waals surface area (Å²) in [7, 11) is 1.28. The molecule has 0 spiro atoms. The van der Waals surface area contributed by atoms with E-state index in [1.54, 1.807) is 11.8 Å². The SMILES string of the molecule is CCN[C@@H](C(=O)N1CCC[C@H]1C1=NC=C(c2ccc(-c3ccc(-c4cnc([C@@H]5CCCN5C(=O)[C@H](C)NC(=O)OC)[nH]4)cc3)cc2)C1)c1ccccc1. The number of aliphatic imine (C=N–C) groups is 1. The number of benzene rings is 3. The molecule has 0 radical (unpaired) electrons. The summed E-state index contributed by atoms with van der Waals surface area (Å²) in [5, 5.41) is 5.97. The second-order valence-electron chi connectivity index (χ2n) is 13.9. The molecule has 4 heterocycles. The number of likely N-dealkylation sites (N-methyl/N-ethyl adjacent to an activating group) is 1. The Morgan fingerprint density at radius 2 is 1.47 bits per heavy atom. The molecular formula is C42H47N7O4. The van der Waals surface area contributed by atoms with Gasteiger partial charge in [0.15, 0.2) is 0 Å². The smallest absolute Gasteiger partial charge is 0.407 e. The van der Waals surface area contributed by atoms with Crippen LogP contribution in [0.4, 0.5) is 4.79 Å². The van der Waals surface area contributed by atoms with Crippen LogP contribution in [0.2, 0.25) is 0 Å². The largest absolute Gasteiger partial charge is 0.453 e. The second kappa shape index (κ2) is 16.0. The molecule has 274 valence electrons. The van der Waals surface area contributed by atoms with Crippen molar-refractivity contribution in [3.05, 3.63) is 108 Å². The lowest BCUT2D eigenvalue weighted by molar-refractivity contribution is -0.134. The molecule has 0 aliphatic carbocycles. The first-order valence-corrected chi connectivity index (χ1v) is 18.6. The molecule has 2 saturated heterocycles. The third-order valence-electron chi connectivity index (χ3n) is 10.6. The van der Waals surface area contributed by atoms with E-state index >= 15 is 0 Å². The van der Waals surface area contributed by atoms with Crippen LogP contribution in [0, 0.1) is 0 Å². The van der Waals surface area contributed by atoms with Crippen molar-refractivity contribution >= 4 is 29.2 Å². The number of allylic oxidation sites excluding steroid dienone is 1. The van der Waals surface area contributed by atoms with Gasteiger partial charge in [0.05, 0.1) is 31.1 Å². The molecule has 53 heavy (non-hydrogen) atoms. The number of carbonyl (C=O) groups excluding carboxylic acids is 3. The molecule has 11 nitrogen and oxygen atoms in total. The monoisotopic (exact) mass is 713 g/mol. The Morgan fingerprint density at radius 1 is 0.849 bits per heavy atom. The number of alkyl carbamates (subject to hydrolysis) is 1. The molecule has 1 aromatic heterocycles. The van der Waals surface area contributed by atoms with Crippen LogP contribution in [0.5, 0.6) is 0 Å². The number of carbonyl (C=O) groups is 3. The third-order valence-corrected chi connectivity index (χ3v) is 10.6. The summed E-state index contributed by atoms with van der Waals surface area (Å²) < 4.78 is 4.65. The standard InChI is InChI=1S/C42H47N7O4/c1-4-43-38(32-10-6-5-7-11-32)41(51)48-22-8-12-36(48)34-24-33(25-44-34)30-16-14-28(15-17-30)29-18-20-31(21-19-29)35-26-45-39(47-35)37-13-9-23-49(37)40(50)27(2)46-42(52)53-3/h5-7,10-11,14-21,25-27,36-38,43H,4,8-9,12-13,22-24H2,1-3H3,(H,45,47)(H,46,52)/t27-,36-,37-,38+/m0/s1. The van der Waals surface area contributed by atoms with Crippen LogP contribution in [0.15, 0.2) is 96.3 Å². The van der Waals surface area contributed by atoms with Gasteiger partial charge in [-0.15, -0.1) is 0 Å². The summed E-state index contributed by atoms with van der Waals surface area (Å²) in [5.74, 6) is 0.697. The molecule has 3 aliphatic rings. The zero-order chi connectivity index (χ0) is 36.9. The molecule has 2 fully saturated rings. The van der Waals surface area contributed by atoms with Gasteiger partial charge in [-0.25, -0.2) is 9.78 Å². The number of imidazole rings is 1. The molecule has 3 aromatic carbocycles. The van der Waals surface area contributed by atoms with E-state index in [0.29, 0.717) is 13.1 Å². The number of methoxy groups -OCH3 is 1. The van der Waals surface area contributed by atoms with Crippen LogP contribution in [0.25, 0.3) is 28.0 Å². The lowest BCUT2D eigenvalue weighted by Crippen LogP contribution is -2.46. The number of nitrogens with one attached hydrogen (secondary N) is 3. The zero-order valence-electron chi connectivity index (χ0n) is 30.5. The van der Waals surface area contributed by atoms with Crippen LogP contribution in [-0.2, 0) is 14.3 Å². The van der Waals surface area contributed by atoms with Gasteiger partial charge in [0.2, 0.25) is 11.8 Å². The van der Waals surface area contributed by atoms with E-state index in [-0.39, 0.29) is 29.9 Å². The number of H-pyrrole nitrogens is 1. The fourth-order valence-corrected chi connectivity index (χ4v) is 7.80. The lowest BCUT2D eigenvalue weighted by atomic mass is 9.96. The molecule has 4 aromatic rings. The quantitative estimate of drug-likeness (QED) is 0.159. The van der Waals surface area contributed by atoms with Gasteiger partial charge < -0.3 is 30.2 Å².